The van der Waals surface area contributed by atoms with Crippen LogP contribution in [0.4, 0.5) is 0 Å². The van der Waals surface area contributed by atoms with E-state index < -0.39 is 0 Å². The van der Waals surface area contributed by atoms with E-state index in [4.69, 9.17) is 5.73 Å². The summed E-state index contributed by atoms with van der Waals surface area (Å²) in [6.45, 7) is 11.6. The molecule has 84 valence electrons. The first-order chi connectivity index (χ1) is 6.46. The summed E-state index contributed by atoms with van der Waals surface area (Å²) in [6, 6.07) is 0.284. The van der Waals surface area contributed by atoms with Crippen LogP contribution in [0.2, 0.25) is 0 Å². The summed E-state index contributed by atoms with van der Waals surface area (Å²) >= 11 is 0. The zero-order valence-corrected chi connectivity index (χ0v) is 10.2. The number of hydrogen-bond donors (Lipinski definition) is 1. The van der Waals surface area contributed by atoms with Gasteiger partial charge in [-0.05, 0) is 52.6 Å². The normalized spacial score (nSPS) is 24.6. The van der Waals surface area contributed by atoms with E-state index in [0.29, 0.717) is 5.92 Å². The van der Waals surface area contributed by atoms with E-state index in [1.165, 1.54) is 32.4 Å². The van der Waals surface area contributed by atoms with Crippen LogP contribution in [0, 0.1) is 5.92 Å². The average molecular weight is 198 g/mol. The fourth-order valence-corrected chi connectivity index (χ4v) is 2.40. The Kier molecular flexibility index (Phi) is 3.96. The minimum atomic E-state index is 0.259. The van der Waals surface area contributed by atoms with Crippen LogP contribution >= 0.6 is 0 Å². The summed E-state index contributed by atoms with van der Waals surface area (Å²) in [5.41, 5.74) is 6.26. The molecule has 2 N–H and O–H groups in total. The molecule has 1 saturated heterocycles. The fraction of sp³-hybridized carbons (Fsp3) is 1.00. The summed E-state index contributed by atoms with van der Waals surface area (Å²) in [4.78, 5) is 2.62. The monoisotopic (exact) mass is 198 g/mol. The zero-order valence-electron chi connectivity index (χ0n) is 10.2. The third-order valence-corrected chi connectivity index (χ3v) is 4.07. The molecule has 0 saturated carbocycles. The van der Waals surface area contributed by atoms with Crippen molar-refractivity contribution in [3.05, 3.63) is 0 Å². The molecule has 0 spiro atoms. The van der Waals surface area contributed by atoms with Crippen LogP contribution in [0.1, 0.15) is 47.0 Å². The standard InChI is InChI=1S/C12H26N2/c1-10(11(2)13)12(3,4)14-8-6-5-7-9-14/h10-11H,5-9,13H2,1-4H3. The van der Waals surface area contributed by atoms with Crippen LogP contribution in [-0.2, 0) is 0 Å². The van der Waals surface area contributed by atoms with Gasteiger partial charge in [0.05, 0.1) is 0 Å². The van der Waals surface area contributed by atoms with Crippen molar-refractivity contribution in [1.29, 1.82) is 0 Å². The Morgan fingerprint density at radius 3 is 2.00 bits per heavy atom. The predicted molar refractivity (Wildman–Crippen MR) is 62.3 cm³/mol. The Morgan fingerprint density at radius 1 is 1.07 bits per heavy atom. The number of likely N-dealkylation sites (tertiary alicyclic amines) is 1. The van der Waals surface area contributed by atoms with Crippen LogP contribution in [0.5, 0.6) is 0 Å². The summed E-state index contributed by atoms with van der Waals surface area (Å²) in [7, 11) is 0. The maximum Gasteiger partial charge on any atom is 0.0193 e. The molecular weight excluding hydrogens is 172 g/mol. The Hall–Kier alpha value is -0.0800. The lowest BCUT2D eigenvalue weighted by Gasteiger charge is -2.46. The van der Waals surface area contributed by atoms with Crippen molar-refractivity contribution in [3.8, 4) is 0 Å². The molecule has 2 unspecified atom stereocenters. The molecule has 2 heteroatoms. The quantitative estimate of drug-likeness (QED) is 0.753. The largest absolute Gasteiger partial charge is 0.328 e. The van der Waals surface area contributed by atoms with Gasteiger partial charge in [0.2, 0.25) is 0 Å². The Balaban J connectivity index is 2.61. The summed E-state index contributed by atoms with van der Waals surface area (Å²) in [5, 5.41) is 0. The van der Waals surface area contributed by atoms with Crippen molar-refractivity contribution >= 4 is 0 Å². The maximum absolute atomic E-state index is 6.00. The Labute approximate surface area is 88.8 Å². The van der Waals surface area contributed by atoms with Gasteiger partial charge in [-0.2, -0.15) is 0 Å². The molecule has 1 aliphatic heterocycles. The molecule has 0 aromatic rings. The molecule has 0 bridgehead atoms. The van der Waals surface area contributed by atoms with E-state index in [9.17, 15) is 0 Å². The van der Waals surface area contributed by atoms with E-state index in [-0.39, 0.29) is 11.6 Å². The van der Waals surface area contributed by atoms with Crippen molar-refractivity contribution in [3.63, 3.8) is 0 Å². The van der Waals surface area contributed by atoms with Crippen molar-refractivity contribution in [1.82, 2.24) is 4.90 Å². The molecule has 14 heavy (non-hydrogen) atoms. The first-order valence-electron chi connectivity index (χ1n) is 5.97. The van der Waals surface area contributed by atoms with E-state index in [2.05, 4.69) is 32.6 Å². The third kappa shape index (κ3) is 2.48. The van der Waals surface area contributed by atoms with E-state index in [1.54, 1.807) is 0 Å². The van der Waals surface area contributed by atoms with Crippen LogP contribution in [0.3, 0.4) is 0 Å². The van der Waals surface area contributed by atoms with E-state index in [1.807, 2.05) is 0 Å². The number of piperidine rings is 1. The van der Waals surface area contributed by atoms with Gasteiger partial charge in [-0.3, -0.25) is 4.90 Å². The molecule has 0 radical (unpaired) electrons. The van der Waals surface area contributed by atoms with Crippen molar-refractivity contribution in [2.75, 3.05) is 13.1 Å². The number of nitrogens with two attached hydrogens (primary N) is 1. The van der Waals surface area contributed by atoms with Crippen molar-refractivity contribution in [2.24, 2.45) is 11.7 Å². The third-order valence-electron chi connectivity index (χ3n) is 4.07. The highest BCUT2D eigenvalue weighted by molar-refractivity contribution is 4.91. The minimum absolute atomic E-state index is 0.259. The highest BCUT2D eigenvalue weighted by atomic mass is 15.2. The van der Waals surface area contributed by atoms with Crippen molar-refractivity contribution < 1.29 is 0 Å². The lowest BCUT2D eigenvalue weighted by molar-refractivity contribution is 0.0435. The zero-order chi connectivity index (χ0) is 10.8. The lowest BCUT2D eigenvalue weighted by atomic mass is 9.81. The van der Waals surface area contributed by atoms with Crippen LogP contribution < -0.4 is 5.73 Å². The molecule has 1 fully saturated rings. The first kappa shape index (κ1) is 12.0. The summed E-state index contributed by atoms with van der Waals surface area (Å²) in [5.74, 6) is 0.556. The summed E-state index contributed by atoms with van der Waals surface area (Å²) < 4.78 is 0. The van der Waals surface area contributed by atoms with Crippen LogP contribution in [0.15, 0.2) is 0 Å². The lowest BCUT2D eigenvalue weighted by Crippen LogP contribution is -2.54. The SMILES string of the molecule is CC(N)C(C)C(C)(C)N1CCCCC1. The number of nitrogens with zero attached hydrogens (tertiary/aromatic N) is 1. The Morgan fingerprint density at radius 2 is 1.57 bits per heavy atom. The highest BCUT2D eigenvalue weighted by Crippen LogP contribution is 2.28. The second-order valence-electron chi connectivity index (χ2n) is 5.35. The van der Waals surface area contributed by atoms with Gasteiger partial charge in [0.15, 0.2) is 0 Å². The molecule has 1 rings (SSSR count). The van der Waals surface area contributed by atoms with Crippen LogP contribution in [-0.4, -0.2) is 29.6 Å². The molecule has 0 aliphatic carbocycles. The van der Waals surface area contributed by atoms with Gasteiger partial charge in [0.1, 0.15) is 0 Å². The molecule has 0 aromatic heterocycles. The van der Waals surface area contributed by atoms with Gasteiger partial charge in [0, 0.05) is 11.6 Å². The number of rotatable bonds is 3. The molecule has 0 aromatic carbocycles. The van der Waals surface area contributed by atoms with E-state index >= 15 is 0 Å². The summed E-state index contributed by atoms with van der Waals surface area (Å²) in [6.07, 6.45) is 4.11. The second kappa shape index (κ2) is 4.63. The molecule has 2 nitrogen and oxygen atoms in total. The van der Waals surface area contributed by atoms with Gasteiger partial charge < -0.3 is 5.73 Å². The topological polar surface area (TPSA) is 29.3 Å². The molecule has 2 atom stereocenters. The van der Waals surface area contributed by atoms with Gasteiger partial charge >= 0.3 is 0 Å². The van der Waals surface area contributed by atoms with Gasteiger partial charge in [0.25, 0.3) is 0 Å². The van der Waals surface area contributed by atoms with E-state index in [0.717, 1.165) is 0 Å². The van der Waals surface area contributed by atoms with Gasteiger partial charge in [-0.15, -0.1) is 0 Å². The smallest absolute Gasteiger partial charge is 0.0193 e. The highest BCUT2D eigenvalue weighted by Gasteiger charge is 2.34. The van der Waals surface area contributed by atoms with Gasteiger partial charge in [-0.25, -0.2) is 0 Å². The Bertz CT molecular complexity index is 169. The fourth-order valence-electron chi connectivity index (χ4n) is 2.40. The van der Waals surface area contributed by atoms with Crippen molar-refractivity contribution in [2.45, 2.75) is 58.5 Å². The first-order valence-corrected chi connectivity index (χ1v) is 5.97. The average Bonchev–Trinajstić information content (AvgIpc) is 2.18. The molecule has 0 amide bonds. The predicted octanol–water partition coefficient (Wildman–Crippen LogP) is 2.23. The number of hydrogen-bond acceptors (Lipinski definition) is 2. The van der Waals surface area contributed by atoms with Crippen LogP contribution in [0.25, 0.3) is 0 Å². The minimum Gasteiger partial charge on any atom is -0.328 e. The van der Waals surface area contributed by atoms with Gasteiger partial charge in [-0.1, -0.05) is 13.3 Å². The maximum atomic E-state index is 6.00. The molecular formula is C12H26N2. The second-order valence-corrected chi connectivity index (χ2v) is 5.35. The molecule has 1 heterocycles. The molecule has 1 aliphatic rings.